The molecule has 1 saturated heterocycles. The fourth-order valence-electron chi connectivity index (χ4n) is 1.60. The van der Waals surface area contributed by atoms with E-state index >= 15 is 0 Å². The Kier molecular flexibility index (Phi) is 6.45. The average Bonchev–Trinajstić information content (AvgIpc) is 2.03. The van der Waals surface area contributed by atoms with Gasteiger partial charge < -0.3 is 4.74 Å². The van der Waals surface area contributed by atoms with Crippen LogP contribution < -0.4 is 0 Å². The lowest BCUT2D eigenvalue weighted by Gasteiger charge is -2.22. The summed E-state index contributed by atoms with van der Waals surface area (Å²) in [5.41, 5.74) is 0. The Morgan fingerprint density at radius 1 is 1.25 bits per heavy atom. The molecule has 0 amide bonds. The molecule has 0 radical (unpaired) electrons. The fourth-order valence-corrected chi connectivity index (χ4v) is 1.60. The molecular formula is C11H24O. The molecular weight excluding hydrogens is 148 g/mol. The quantitative estimate of drug-likeness (QED) is 0.633. The van der Waals surface area contributed by atoms with Crippen LogP contribution in [-0.2, 0) is 4.74 Å². The van der Waals surface area contributed by atoms with Gasteiger partial charge in [0.1, 0.15) is 0 Å². The molecule has 0 aromatic rings. The lowest BCUT2D eigenvalue weighted by Crippen LogP contribution is -2.15. The molecule has 1 aliphatic heterocycles. The molecule has 0 bridgehead atoms. The van der Waals surface area contributed by atoms with Crippen molar-refractivity contribution < 1.29 is 4.74 Å². The van der Waals surface area contributed by atoms with Gasteiger partial charge in [-0.05, 0) is 24.7 Å². The van der Waals surface area contributed by atoms with Crippen LogP contribution in [0.4, 0.5) is 0 Å². The summed E-state index contributed by atoms with van der Waals surface area (Å²) < 4.78 is 5.31. The molecule has 1 aliphatic rings. The molecule has 1 nitrogen and oxygen atoms in total. The van der Waals surface area contributed by atoms with E-state index < -0.39 is 0 Å². The summed E-state index contributed by atoms with van der Waals surface area (Å²) in [6.45, 7) is 6.62. The second-order valence-electron chi connectivity index (χ2n) is 4.03. The molecule has 0 atom stereocenters. The first-order chi connectivity index (χ1) is 5.29. The van der Waals surface area contributed by atoms with Crippen molar-refractivity contribution in [3.63, 3.8) is 0 Å². The zero-order chi connectivity index (χ0) is 8.10. The van der Waals surface area contributed by atoms with Crippen molar-refractivity contribution >= 4 is 0 Å². The Morgan fingerprint density at radius 2 is 1.83 bits per heavy atom. The van der Waals surface area contributed by atoms with Gasteiger partial charge in [-0.3, -0.25) is 0 Å². The molecule has 1 rings (SSSR count). The van der Waals surface area contributed by atoms with Gasteiger partial charge in [0.15, 0.2) is 0 Å². The summed E-state index contributed by atoms with van der Waals surface area (Å²) in [6, 6.07) is 0. The largest absolute Gasteiger partial charge is 0.381 e. The van der Waals surface area contributed by atoms with Crippen molar-refractivity contribution in [2.75, 3.05) is 13.2 Å². The highest BCUT2D eigenvalue weighted by atomic mass is 16.5. The zero-order valence-electron chi connectivity index (χ0n) is 7.81. The first kappa shape index (κ1) is 12.0. The summed E-state index contributed by atoms with van der Waals surface area (Å²) in [5, 5.41) is 0. The van der Waals surface area contributed by atoms with E-state index in [0.29, 0.717) is 0 Å². The van der Waals surface area contributed by atoms with Gasteiger partial charge in [0, 0.05) is 13.2 Å². The van der Waals surface area contributed by atoms with Crippen LogP contribution in [0.3, 0.4) is 0 Å². The standard InChI is InChI=1S/C10H20O.CH4/c1-9(2)3-4-10-5-7-11-8-6-10;/h9-10H,3-8H2,1-2H3;1H4. The van der Waals surface area contributed by atoms with Crippen LogP contribution >= 0.6 is 0 Å². The Balaban J connectivity index is 0.00000121. The van der Waals surface area contributed by atoms with E-state index in [1.54, 1.807) is 0 Å². The molecule has 1 heterocycles. The van der Waals surface area contributed by atoms with Gasteiger partial charge in [-0.2, -0.15) is 0 Å². The molecule has 1 heteroatoms. The summed E-state index contributed by atoms with van der Waals surface area (Å²) in [7, 11) is 0. The number of ether oxygens (including phenoxy) is 1. The lowest BCUT2D eigenvalue weighted by molar-refractivity contribution is 0.0623. The van der Waals surface area contributed by atoms with Crippen molar-refractivity contribution in [3.8, 4) is 0 Å². The topological polar surface area (TPSA) is 9.23 Å². The van der Waals surface area contributed by atoms with E-state index in [-0.39, 0.29) is 7.43 Å². The van der Waals surface area contributed by atoms with Gasteiger partial charge in [-0.15, -0.1) is 0 Å². The van der Waals surface area contributed by atoms with E-state index in [1.165, 1.54) is 25.7 Å². The normalized spacial score (nSPS) is 19.2. The van der Waals surface area contributed by atoms with Crippen molar-refractivity contribution in [1.82, 2.24) is 0 Å². The van der Waals surface area contributed by atoms with Crippen molar-refractivity contribution in [2.45, 2.75) is 47.0 Å². The monoisotopic (exact) mass is 172 g/mol. The summed E-state index contributed by atoms with van der Waals surface area (Å²) in [6.07, 6.45) is 5.41. The highest BCUT2D eigenvalue weighted by molar-refractivity contribution is 4.63. The van der Waals surface area contributed by atoms with Crippen LogP contribution in [0.1, 0.15) is 47.0 Å². The van der Waals surface area contributed by atoms with Crippen molar-refractivity contribution in [3.05, 3.63) is 0 Å². The van der Waals surface area contributed by atoms with E-state index in [0.717, 1.165) is 25.0 Å². The SMILES string of the molecule is C.CC(C)CCC1CCOCC1. The maximum Gasteiger partial charge on any atom is 0.0468 e. The first-order valence-corrected chi connectivity index (χ1v) is 4.87. The Hall–Kier alpha value is -0.0400. The van der Waals surface area contributed by atoms with Crippen LogP contribution in [0.2, 0.25) is 0 Å². The Labute approximate surface area is 77.5 Å². The van der Waals surface area contributed by atoms with Crippen LogP contribution in [0.25, 0.3) is 0 Å². The smallest absolute Gasteiger partial charge is 0.0468 e. The summed E-state index contributed by atoms with van der Waals surface area (Å²) in [4.78, 5) is 0. The molecule has 0 N–H and O–H groups in total. The third kappa shape index (κ3) is 4.76. The maximum atomic E-state index is 5.31. The van der Waals surface area contributed by atoms with Gasteiger partial charge in [-0.1, -0.05) is 34.1 Å². The minimum absolute atomic E-state index is 0. The number of hydrogen-bond donors (Lipinski definition) is 0. The molecule has 0 aliphatic carbocycles. The Morgan fingerprint density at radius 3 is 2.33 bits per heavy atom. The van der Waals surface area contributed by atoms with Crippen LogP contribution in [-0.4, -0.2) is 13.2 Å². The van der Waals surface area contributed by atoms with Crippen LogP contribution in [0.15, 0.2) is 0 Å². The lowest BCUT2D eigenvalue weighted by atomic mass is 9.92. The van der Waals surface area contributed by atoms with Gasteiger partial charge in [-0.25, -0.2) is 0 Å². The minimum atomic E-state index is 0. The van der Waals surface area contributed by atoms with E-state index in [2.05, 4.69) is 13.8 Å². The second-order valence-corrected chi connectivity index (χ2v) is 4.03. The third-order valence-corrected chi connectivity index (χ3v) is 2.49. The maximum absolute atomic E-state index is 5.31. The van der Waals surface area contributed by atoms with E-state index in [4.69, 9.17) is 4.74 Å². The van der Waals surface area contributed by atoms with Crippen LogP contribution in [0, 0.1) is 11.8 Å². The highest BCUT2D eigenvalue weighted by Gasteiger charge is 2.13. The van der Waals surface area contributed by atoms with Gasteiger partial charge in [0.05, 0.1) is 0 Å². The van der Waals surface area contributed by atoms with Crippen molar-refractivity contribution in [1.29, 1.82) is 0 Å². The first-order valence-electron chi connectivity index (χ1n) is 4.87. The minimum Gasteiger partial charge on any atom is -0.381 e. The average molecular weight is 172 g/mol. The molecule has 12 heavy (non-hydrogen) atoms. The van der Waals surface area contributed by atoms with E-state index in [9.17, 15) is 0 Å². The summed E-state index contributed by atoms with van der Waals surface area (Å²) in [5.74, 6) is 1.84. The van der Waals surface area contributed by atoms with E-state index in [1.807, 2.05) is 0 Å². The molecule has 0 aromatic carbocycles. The van der Waals surface area contributed by atoms with Gasteiger partial charge >= 0.3 is 0 Å². The molecule has 0 spiro atoms. The molecule has 0 unspecified atom stereocenters. The fraction of sp³-hybridized carbons (Fsp3) is 1.00. The molecule has 74 valence electrons. The van der Waals surface area contributed by atoms with Crippen molar-refractivity contribution in [2.24, 2.45) is 11.8 Å². The highest BCUT2D eigenvalue weighted by Crippen LogP contribution is 2.21. The molecule has 1 fully saturated rings. The number of hydrogen-bond acceptors (Lipinski definition) is 1. The Bertz CT molecular complexity index is 93.2. The predicted octanol–water partition coefficient (Wildman–Crippen LogP) is 3.49. The van der Waals surface area contributed by atoms with Crippen LogP contribution in [0.5, 0.6) is 0 Å². The number of rotatable bonds is 3. The molecule has 0 aromatic heterocycles. The van der Waals surface area contributed by atoms with Gasteiger partial charge in [0.2, 0.25) is 0 Å². The zero-order valence-corrected chi connectivity index (χ0v) is 7.81. The summed E-state index contributed by atoms with van der Waals surface area (Å²) >= 11 is 0. The molecule has 0 saturated carbocycles. The predicted molar refractivity (Wildman–Crippen MR) is 54.3 cm³/mol. The third-order valence-electron chi connectivity index (χ3n) is 2.49. The van der Waals surface area contributed by atoms with Gasteiger partial charge in [0.25, 0.3) is 0 Å². The second kappa shape index (κ2) is 6.47.